The number of hydrogen-bond acceptors (Lipinski definition) is 3. The first-order valence-corrected chi connectivity index (χ1v) is 8.69. The minimum absolute atomic E-state index is 0.103. The Bertz CT molecular complexity index is 362. The molecule has 0 radical (unpaired) electrons. The molecule has 0 aromatic rings. The van der Waals surface area contributed by atoms with E-state index in [0.717, 1.165) is 45.2 Å². The quantitative estimate of drug-likeness (QED) is 0.749. The standard InChI is InChI=1S/C16H28F3N3O/c17-16(18,19)12-22-9-5-13(6-10-22)4-8-21-15(23)2-1-14-3-7-20-11-14/h13-14,20H,1-12H2,(H,21,23). The third-order valence-corrected chi connectivity index (χ3v) is 4.93. The van der Waals surface area contributed by atoms with Crippen LogP contribution in [0.1, 0.15) is 38.5 Å². The smallest absolute Gasteiger partial charge is 0.356 e. The highest BCUT2D eigenvalue weighted by molar-refractivity contribution is 5.75. The van der Waals surface area contributed by atoms with Gasteiger partial charge in [0.1, 0.15) is 0 Å². The monoisotopic (exact) mass is 335 g/mol. The van der Waals surface area contributed by atoms with E-state index in [9.17, 15) is 18.0 Å². The Hall–Kier alpha value is -0.820. The van der Waals surface area contributed by atoms with Gasteiger partial charge in [0.05, 0.1) is 6.54 Å². The predicted octanol–water partition coefficient (Wildman–Crippen LogP) is 2.16. The molecule has 2 heterocycles. The Labute approximate surface area is 136 Å². The summed E-state index contributed by atoms with van der Waals surface area (Å²) in [7, 11) is 0. The molecule has 1 amide bonds. The highest BCUT2D eigenvalue weighted by Gasteiger charge is 2.32. The van der Waals surface area contributed by atoms with Gasteiger partial charge in [-0.2, -0.15) is 13.2 Å². The fourth-order valence-electron chi connectivity index (χ4n) is 3.49. The Morgan fingerprint density at radius 1 is 1.13 bits per heavy atom. The van der Waals surface area contributed by atoms with E-state index in [4.69, 9.17) is 0 Å². The van der Waals surface area contributed by atoms with E-state index in [-0.39, 0.29) is 5.91 Å². The molecule has 0 aromatic carbocycles. The number of carbonyl (C=O) groups is 1. The number of carbonyl (C=O) groups excluding carboxylic acids is 1. The first-order chi connectivity index (χ1) is 10.9. The minimum atomic E-state index is -4.10. The van der Waals surface area contributed by atoms with Gasteiger partial charge in [-0.15, -0.1) is 0 Å². The maximum atomic E-state index is 12.3. The molecule has 0 spiro atoms. The topological polar surface area (TPSA) is 44.4 Å². The number of piperidine rings is 1. The van der Waals surface area contributed by atoms with Crippen molar-refractivity contribution < 1.29 is 18.0 Å². The molecular weight excluding hydrogens is 307 g/mol. The molecule has 7 heteroatoms. The SMILES string of the molecule is O=C(CCC1CCNC1)NCCC1CCN(CC(F)(F)F)CC1. The second-order valence-corrected chi connectivity index (χ2v) is 6.87. The van der Waals surface area contributed by atoms with Gasteiger partial charge in [-0.3, -0.25) is 9.69 Å². The van der Waals surface area contributed by atoms with E-state index in [0.29, 0.717) is 37.9 Å². The average Bonchev–Trinajstić information content (AvgIpc) is 2.99. The fourth-order valence-corrected chi connectivity index (χ4v) is 3.49. The van der Waals surface area contributed by atoms with Crippen molar-refractivity contribution in [3.63, 3.8) is 0 Å². The second-order valence-electron chi connectivity index (χ2n) is 6.87. The molecule has 4 nitrogen and oxygen atoms in total. The lowest BCUT2D eigenvalue weighted by Crippen LogP contribution is -2.40. The lowest BCUT2D eigenvalue weighted by Gasteiger charge is -2.32. The first kappa shape index (κ1) is 18.5. The van der Waals surface area contributed by atoms with E-state index in [1.807, 2.05) is 0 Å². The third-order valence-electron chi connectivity index (χ3n) is 4.93. The molecule has 134 valence electrons. The van der Waals surface area contributed by atoms with Crippen LogP contribution in [0.4, 0.5) is 13.2 Å². The van der Waals surface area contributed by atoms with Gasteiger partial charge < -0.3 is 10.6 Å². The predicted molar refractivity (Wildman–Crippen MR) is 83.1 cm³/mol. The highest BCUT2D eigenvalue weighted by Crippen LogP contribution is 2.24. The largest absolute Gasteiger partial charge is 0.401 e. The molecule has 0 saturated carbocycles. The zero-order chi connectivity index (χ0) is 16.7. The van der Waals surface area contributed by atoms with Crippen LogP contribution in [0.3, 0.4) is 0 Å². The van der Waals surface area contributed by atoms with E-state index in [1.54, 1.807) is 0 Å². The van der Waals surface area contributed by atoms with E-state index >= 15 is 0 Å². The number of hydrogen-bond donors (Lipinski definition) is 2. The van der Waals surface area contributed by atoms with Crippen LogP contribution < -0.4 is 10.6 Å². The number of nitrogens with zero attached hydrogens (tertiary/aromatic N) is 1. The van der Waals surface area contributed by atoms with Crippen LogP contribution in [0, 0.1) is 11.8 Å². The number of likely N-dealkylation sites (tertiary alicyclic amines) is 1. The van der Waals surface area contributed by atoms with Gasteiger partial charge in [-0.1, -0.05) is 0 Å². The summed E-state index contributed by atoms with van der Waals surface area (Å²) in [5.74, 6) is 1.16. The van der Waals surface area contributed by atoms with Gasteiger partial charge in [0.15, 0.2) is 0 Å². The van der Waals surface area contributed by atoms with Gasteiger partial charge >= 0.3 is 6.18 Å². The van der Waals surface area contributed by atoms with Crippen LogP contribution in [0.5, 0.6) is 0 Å². The van der Waals surface area contributed by atoms with Crippen molar-refractivity contribution >= 4 is 5.91 Å². The second kappa shape index (κ2) is 8.87. The van der Waals surface area contributed by atoms with Gasteiger partial charge in [-0.05, 0) is 70.1 Å². The molecule has 2 saturated heterocycles. The molecule has 0 aliphatic carbocycles. The van der Waals surface area contributed by atoms with Crippen molar-refractivity contribution in [1.29, 1.82) is 0 Å². The van der Waals surface area contributed by atoms with E-state index in [1.165, 1.54) is 4.90 Å². The fraction of sp³-hybridized carbons (Fsp3) is 0.938. The Morgan fingerprint density at radius 2 is 1.87 bits per heavy atom. The Kier molecular flexibility index (Phi) is 7.14. The summed E-state index contributed by atoms with van der Waals surface area (Å²) < 4.78 is 37.0. The van der Waals surface area contributed by atoms with Crippen LogP contribution in [0.2, 0.25) is 0 Å². The van der Waals surface area contributed by atoms with Crippen molar-refractivity contribution in [2.75, 3.05) is 39.3 Å². The molecule has 2 aliphatic rings. The van der Waals surface area contributed by atoms with Crippen molar-refractivity contribution in [3.8, 4) is 0 Å². The summed E-state index contributed by atoms with van der Waals surface area (Å²) in [6.45, 7) is 2.93. The summed E-state index contributed by atoms with van der Waals surface area (Å²) in [6.07, 6.45) is 1.03. The summed E-state index contributed by atoms with van der Waals surface area (Å²) in [5, 5.41) is 6.24. The van der Waals surface area contributed by atoms with Crippen LogP contribution in [-0.2, 0) is 4.79 Å². The maximum Gasteiger partial charge on any atom is 0.401 e. The molecule has 0 aromatic heterocycles. The van der Waals surface area contributed by atoms with E-state index in [2.05, 4.69) is 10.6 Å². The minimum Gasteiger partial charge on any atom is -0.356 e. The zero-order valence-corrected chi connectivity index (χ0v) is 13.6. The molecule has 1 atom stereocenters. The number of alkyl halides is 3. The molecular formula is C16H28F3N3O. The van der Waals surface area contributed by atoms with Crippen molar-refractivity contribution in [2.24, 2.45) is 11.8 Å². The summed E-state index contributed by atoms with van der Waals surface area (Å²) in [5.41, 5.74) is 0. The van der Waals surface area contributed by atoms with Crippen LogP contribution >= 0.6 is 0 Å². The lowest BCUT2D eigenvalue weighted by molar-refractivity contribution is -0.148. The Balaban J connectivity index is 1.50. The van der Waals surface area contributed by atoms with Crippen LogP contribution in [0.15, 0.2) is 0 Å². The summed E-state index contributed by atoms with van der Waals surface area (Å²) >= 11 is 0. The van der Waals surface area contributed by atoms with Gasteiger partial charge in [0.25, 0.3) is 0 Å². The Morgan fingerprint density at radius 3 is 2.48 bits per heavy atom. The number of rotatable bonds is 7. The summed E-state index contributed by atoms with van der Waals surface area (Å²) in [4.78, 5) is 13.3. The molecule has 2 aliphatic heterocycles. The molecule has 23 heavy (non-hydrogen) atoms. The lowest BCUT2D eigenvalue weighted by atomic mass is 9.93. The van der Waals surface area contributed by atoms with E-state index < -0.39 is 12.7 Å². The molecule has 2 N–H and O–H groups in total. The van der Waals surface area contributed by atoms with Crippen molar-refractivity contribution in [3.05, 3.63) is 0 Å². The number of halogens is 3. The molecule has 1 unspecified atom stereocenters. The van der Waals surface area contributed by atoms with Gasteiger partial charge in [0, 0.05) is 13.0 Å². The van der Waals surface area contributed by atoms with Crippen LogP contribution in [-0.4, -0.2) is 56.3 Å². The molecule has 2 fully saturated rings. The zero-order valence-electron chi connectivity index (χ0n) is 13.6. The summed E-state index contributed by atoms with van der Waals surface area (Å²) in [6, 6.07) is 0. The average molecular weight is 335 g/mol. The first-order valence-electron chi connectivity index (χ1n) is 8.69. The van der Waals surface area contributed by atoms with Gasteiger partial charge in [0.2, 0.25) is 5.91 Å². The van der Waals surface area contributed by atoms with Crippen molar-refractivity contribution in [2.45, 2.75) is 44.7 Å². The van der Waals surface area contributed by atoms with Crippen LogP contribution in [0.25, 0.3) is 0 Å². The third kappa shape index (κ3) is 7.52. The number of nitrogens with one attached hydrogen (secondary N) is 2. The highest BCUT2D eigenvalue weighted by atomic mass is 19.4. The van der Waals surface area contributed by atoms with Crippen molar-refractivity contribution in [1.82, 2.24) is 15.5 Å². The maximum absolute atomic E-state index is 12.3. The normalized spacial score (nSPS) is 24.0. The molecule has 0 bridgehead atoms. The molecule has 2 rings (SSSR count). The number of amides is 1. The van der Waals surface area contributed by atoms with Gasteiger partial charge in [-0.25, -0.2) is 0 Å².